The average molecular weight is 300 g/mol. The van der Waals surface area contributed by atoms with Crippen molar-refractivity contribution in [3.63, 3.8) is 0 Å². The Labute approximate surface area is 127 Å². The first-order valence-electron chi connectivity index (χ1n) is 6.78. The van der Waals surface area contributed by atoms with Gasteiger partial charge in [0.1, 0.15) is 5.69 Å². The Kier molecular flexibility index (Phi) is 4.50. The zero-order valence-corrected chi connectivity index (χ0v) is 12.6. The number of rotatable bonds is 5. The van der Waals surface area contributed by atoms with E-state index in [1.165, 1.54) is 6.07 Å². The Morgan fingerprint density at radius 1 is 1.18 bits per heavy atom. The number of ether oxygens (including phenoxy) is 1. The number of benzene rings is 1. The molecule has 0 saturated heterocycles. The van der Waals surface area contributed by atoms with Gasteiger partial charge in [-0.1, -0.05) is 29.8 Å². The number of Topliss-reactive ketones (excluding diaryl/α,β-unsaturated/α-hetero) is 1. The van der Waals surface area contributed by atoms with Gasteiger partial charge in [-0.15, -0.1) is 0 Å². The van der Waals surface area contributed by atoms with Crippen LogP contribution in [0.15, 0.2) is 36.4 Å². The molecule has 0 spiro atoms. The first-order valence-corrected chi connectivity index (χ1v) is 6.78. The minimum atomic E-state index is -0.842. The fourth-order valence-corrected chi connectivity index (χ4v) is 1.95. The molecule has 0 radical (unpaired) electrons. The lowest BCUT2D eigenvalue weighted by Gasteiger charge is -2.13. The summed E-state index contributed by atoms with van der Waals surface area (Å²) < 4.78 is 5.45. The number of hydrogen-bond donors (Lipinski definition) is 0. The molecule has 0 N–H and O–H groups in total. The molecule has 0 unspecified atom stereocenters. The number of aryl methyl sites for hydroxylation is 2. The maximum absolute atomic E-state index is 12.3. The molecule has 0 amide bonds. The number of nitro groups is 1. The van der Waals surface area contributed by atoms with Gasteiger partial charge < -0.3 is 14.9 Å². The summed E-state index contributed by atoms with van der Waals surface area (Å²) in [5, 5.41) is 11.0. The van der Waals surface area contributed by atoms with Crippen LogP contribution in [0.1, 0.15) is 28.5 Å². The lowest BCUT2D eigenvalue weighted by molar-refractivity contribution is -0.390. The summed E-state index contributed by atoms with van der Waals surface area (Å²) in [4.78, 5) is 26.5. The summed E-state index contributed by atoms with van der Waals surface area (Å²) >= 11 is 0. The monoisotopic (exact) mass is 300 g/mol. The normalized spacial score (nSPS) is 11.8. The molecule has 0 saturated carbocycles. The Balaban J connectivity index is 2.21. The van der Waals surface area contributed by atoms with Gasteiger partial charge in [-0.05, 0) is 35.9 Å². The van der Waals surface area contributed by atoms with Crippen molar-refractivity contribution in [3.8, 4) is 5.75 Å². The largest absolute Gasteiger partial charge is 0.474 e. The highest BCUT2D eigenvalue weighted by Gasteiger charge is 2.23. The first-order chi connectivity index (χ1) is 10.4. The Morgan fingerprint density at radius 3 is 2.41 bits per heavy atom. The van der Waals surface area contributed by atoms with Crippen molar-refractivity contribution in [2.24, 2.45) is 0 Å². The fraction of sp³-hybridized carbons (Fsp3) is 0.250. The lowest BCUT2D eigenvalue weighted by Crippen LogP contribution is -2.24. The second-order valence-electron chi connectivity index (χ2n) is 5.02. The molecule has 0 bridgehead atoms. The summed E-state index contributed by atoms with van der Waals surface area (Å²) in [5.41, 5.74) is 2.06. The van der Waals surface area contributed by atoms with Crippen LogP contribution >= 0.6 is 0 Å². The molecule has 0 aliphatic carbocycles. The SMILES string of the molecule is Cc1ccc(C(=O)[C@@H](C)Oc2ccc(C)nc2[N+](=O)[O-])cc1. The van der Waals surface area contributed by atoms with Crippen LogP contribution in [-0.2, 0) is 0 Å². The second kappa shape index (κ2) is 6.34. The highest BCUT2D eigenvalue weighted by atomic mass is 16.6. The number of carbonyl (C=O) groups is 1. The molecule has 2 rings (SSSR count). The highest BCUT2D eigenvalue weighted by molar-refractivity contribution is 5.99. The number of hydrogen-bond acceptors (Lipinski definition) is 5. The van der Waals surface area contributed by atoms with Gasteiger partial charge in [0.2, 0.25) is 11.5 Å². The predicted molar refractivity (Wildman–Crippen MR) is 81.2 cm³/mol. The predicted octanol–water partition coefficient (Wildman–Crippen LogP) is 3.26. The highest BCUT2D eigenvalue weighted by Crippen LogP contribution is 2.26. The van der Waals surface area contributed by atoms with Crippen LogP contribution in [0.4, 0.5) is 5.82 Å². The van der Waals surface area contributed by atoms with E-state index in [2.05, 4.69) is 4.98 Å². The van der Waals surface area contributed by atoms with E-state index in [0.29, 0.717) is 11.3 Å². The van der Waals surface area contributed by atoms with Crippen LogP contribution in [-0.4, -0.2) is 21.8 Å². The van der Waals surface area contributed by atoms with Gasteiger partial charge >= 0.3 is 5.82 Å². The van der Waals surface area contributed by atoms with E-state index in [0.717, 1.165) is 5.56 Å². The average Bonchev–Trinajstić information content (AvgIpc) is 2.48. The Hall–Kier alpha value is -2.76. The van der Waals surface area contributed by atoms with Gasteiger partial charge in [0.05, 0.1) is 0 Å². The minimum absolute atomic E-state index is 0.0106. The molecule has 1 aromatic carbocycles. The maximum atomic E-state index is 12.3. The third kappa shape index (κ3) is 3.46. The van der Waals surface area contributed by atoms with Gasteiger partial charge in [0, 0.05) is 12.5 Å². The number of nitrogens with zero attached hydrogens (tertiary/aromatic N) is 2. The number of ketones is 1. The van der Waals surface area contributed by atoms with Crippen molar-refractivity contribution in [2.45, 2.75) is 26.9 Å². The third-order valence-electron chi connectivity index (χ3n) is 3.16. The van der Waals surface area contributed by atoms with Gasteiger partial charge in [-0.25, -0.2) is 0 Å². The summed E-state index contributed by atoms with van der Waals surface area (Å²) in [6.07, 6.45) is -0.842. The van der Waals surface area contributed by atoms with Gasteiger partial charge in [-0.2, -0.15) is 0 Å². The molecule has 1 aromatic heterocycles. The smallest absolute Gasteiger partial charge is 0.406 e. The molecule has 2 aromatic rings. The van der Waals surface area contributed by atoms with Crippen molar-refractivity contribution in [3.05, 3.63) is 63.3 Å². The van der Waals surface area contributed by atoms with Crippen LogP contribution in [0.5, 0.6) is 5.75 Å². The summed E-state index contributed by atoms with van der Waals surface area (Å²) in [7, 11) is 0. The summed E-state index contributed by atoms with van der Waals surface area (Å²) in [6.45, 7) is 5.14. The molecule has 114 valence electrons. The Morgan fingerprint density at radius 2 is 1.82 bits per heavy atom. The van der Waals surface area contributed by atoms with Gasteiger partial charge in [0.15, 0.2) is 6.10 Å². The molecule has 1 atom stereocenters. The molecule has 22 heavy (non-hydrogen) atoms. The van der Waals surface area contributed by atoms with Crippen molar-refractivity contribution in [2.75, 3.05) is 0 Å². The molecule has 1 heterocycles. The third-order valence-corrected chi connectivity index (χ3v) is 3.16. The van der Waals surface area contributed by atoms with E-state index in [-0.39, 0.29) is 17.4 Å². The fourth-order valence-electron chi connectivity index (χ4n) is 1.95. The Bertz CT molecular complexity index is 711. The van der Waals surface area contributed by atoms with E-state index in [1.807, 2.05) is 19.1 Å². The van der Waals surface area contributed by atoms with Crippen molar-refractivity contribution < 1.29 is 14.5 Å². The molecule has 6 heteroatoms. The van der Waals surface area contributed by atoms with E-state index in [9.17, 15) is 14.9 Å². The molecular formula is C16H16N2O4. The van der Waals surface area contributed by atoms with E-state index < -0.39 is 11.0 Å². The number of carbonyl (C=O) groups excluding carboxylic acids is 1. The zero-order valence-electron chi connectivity index (χ0n) is 12.6. The number of aromatic nitrogens is 1. The molecule has 6 nitrogen and oxygen atoms in total. The van der Waals surface area contributed by atoms with Gasteiger partial charge in [-0.3, -0.25) is 4.79 Å². The molecule has 0 aliphatic heterocycles. The standard InChI is InChI=1S/C16H16N2O4/c1-10-4-7-13(8-5-10)15(19)12(3)22-14-9-6-11(2)17-16(14)18(20)21/h4-9,12H,1-3H3/t12-/m1/s1. The maximum Gasteiger partial charge on any atom is 0.406 e. The topological polar surface area (TPSA) is 82.3 Å². The molecular weight excluding hydrogens is 284 g/mol. The first kappa shape index (κ1) is 15.6. The van der Waals surface area contributed by atoms with Crippen LogP contribution in [0, 0.1) is 24.0 Å². The molecule has 0 aliphatic rings. The lowest BCUT2D eigenvalue weighted by atomic mass is 10.1. The van der Waals surface area contributed by atoms with Crippen LogP contribution in [0.2, 0.25) is 0 Å². The minimum Gasteiger partial charge on any atom is -0.474 e. The van der Waals surface area contributed by atoms with Gasteiger partial charge in [0.25, 0.3) is 0 Å². The van der Waals surface area contributed by atoms with Crippen molar-refractivity contribution in [1.29, 1.82) is 0 Å². The quantitative estimate of drug-likeness (QED) is 0.481. The zero-order chi connectivity index (χ0) is 16.3. The summed E-state index contributed by atoms with van der Waals surface area (Å²) in [6, 6.07) is 10.1. The van der Waals surface area contributed by atoms with E-state index in [1.54, 1.807) is 32.0 Å². The van der Waals surface area contributed by atoms with Crippen LogP contribution in [0.25, 0.3) is 0 Å². The van der Waals surface area contributed by atoms with Crippen LogP contribution < -0.4 is 4.74 Å². The number of pyridine rings is 1. The molecule has 0 fully saturated rings. The van der Waals surface area contributed by atoms with E-state index in [4.69, 9.17) is 4.74 Å². The van der Waals surface area contributed by atoms with Crippen molar-refractivity contribution >= 4 is 11.6 Å². The second-order valence-corrected chi connectivity index (χ2v) is 5.02. The van der Waals surface area contributed by atoms with Crippen LogP contribution in [0.3, 0.4) is 0 Å². The van der Waals surface area contributed by atoms with Crippen molar-refractivity contribution in [1.82, 2.24) is 4.98 Å². The summed E-state index contributed by atoms with van der Waals surface area (Å²) in [5.74, 6) is -0.637. The van der Waals surface area contributed by atoms with E-state index >= 15 is 0 Å².